The average Bonchev–Trinajstić information content (AvgIpc) is 3.15. The third kappa shape index (κ3) is 2.61. The lowest BCUT2D eigenvalue weighted by Gasteiger charge is -2.22. The molecule has 1 unspecified atom stereocenters. The number of carbonyl (C=O) groups is 1. The number of nitrogens with zero attached hydrogens (tertiary/aromatic N) is 3. The van der Waals surface area contributed by atoms with Gasteiger partial charge in [0, 0.05) is 23.9 Å². The summed E-state index contributed by atoms with van der Waals surface area (Å²) in [6.07, 6.45) is 3.53. The fraction of sp³-hybridized carbons (Fsp3) is 0.438. The van der Waals surface area contributed by atoms with Crippen LogP contribution >= 0.6 is 11.6 Å². The van der Waals surface area contributed by atoms with Gasteiger partial charge in [0.1, 0.15) is 6.04 Å². The van der Waals surface area contributed by atoms with Crippen molar-refractivity contribution < 1.29 is 9.32 Å². The summed E-state index contributed by atoms with van der Waals surface area (Å²) in [5.41, 5.74) is 1.05. The van der Waals surface area contributed by atoms with Crippen LogP contribution in [0.3, 0.4) is 0 Å². The first-order valence-corrected chi connectivity index (χ1v) is 7.96. The Morgan fingerprint density at radius 2 is 2.00 bits per heavy atom. The molecule has 0 radical (unpaired) electrons. The fourth-order valence-electron chi connectivity index (χ4n) is 2.87. The van der Waals surface area contributed by atoms with E-state index in [1.165, 1.54) is 0 Å². The number of carbonyl (C=O) groups excluding carboxylic acids is 1. The highest BCUT2D eigenvalue weighted by molar-refractivity contribution is 6.30. The zero-order valence-electron chi connectivity index (χ0n) is 12.0. The molecular formula is C16H16ClN3O2. The smallest absolute Gasteiger partial charge is 0.249 e. The Morgan fingerprint density at radius 1 is 1.23 bits per heavy atom. The number of amides is 1. The van der Waals surface area contributed by atoms with Gasteiger partial charge < -0.3 is 9.42 Å². The monoisotopic (exact) mass is 317 g/mol. The number of halogens is 1. The second kappa shape index (κ2) is 5.39. The lowest BCUT2D eigenvalue weighted by Crippen LogP contribution is -2.27. The standard InChI is InChI=1S/C16H16ClN3O2/c17-12-5-1-10(2-6-12)9-20-13(7-8-14(20)21)16-18-15(19-22-16)11-3-4-11/h1-2,5-6,11,13H,3-4,7-9H2. The van der Waals surface area contributed by atoms with E-state index in [0.29, 0.717) is 29.8 Å². The van der Waals surface area contributed by atoms with Gasteiger partial charge in [-0.3, -0.25) is 4.79 Å². The number of rotatable bonds is 4. The van der Waals surface area contributed by atoms with Gasteiger partial charge in [-0.05, 0) is 37.0 Å². The number of hydrogen-bond acceptors (Lipinski definition) is 4. The summed E-state index contributed by atoms with van der Waals surface area (Å²) >= 11 is 5.91. The molecule has 0 spiro atoms. The highest BCUT2D eigenvalue weighted by atomic mass is 35.5. The Kier molecular flexibility index (Phi) is 3.37. The molecule has 2 fully saturated rings. The first kappa shape index (κ1) is 13.8. The summed E-state index contributed by atoms with van der Waals surface area (Å²) in [7, 11) is 0. The van der Waals surface area contributed by atoms with Gasteiger partial charge >= 0.3 is 0 Å². The Hall–Kier alpha value is -1.88. The van der Waals surface area contributed by atoms with Gasteiger partial charge in [-0.25, -0.2) is 0 Å². The Labute approximate surface area is 133 Å². The Morgan fingerprint density at radius 3 is 2.73 bits per heavy atom. The van der Waals surface area contributed by atoms with E-state index in [1.54, 1.807) is 0 Å². The third-order valence-electron chi connectivity index (χ3n) is 4.28. The highest BCUT2D eigenvalue weighted by Crippen LogP contribution is 2.40. The maximum atomic E-state index is 12.2. The maximum absolute atomic E-state index is 12.2. The molecular weight excluding hydrogens is 302 g/mol. The molecule has 1 aliphatic heterocycles. The molecule has 114 valence electrons. The number of aromatic nitrogens is 2. The minimum absolute atomic E-state index is 0.108. The van der Waals surface area contributed by atoms with E-state index < -0.39 is 0 Å². The van der Waals surface area contributed by atoms with Crippen LogP contribution in [0.4, 0.5) is 0 Å². The molecule has 1 aromatic carbocycles. The van der Waals surface area contributed by atoms with Crippen molar-refractivity contribution in [2.24, 2.45) is 0 Å². The second-order valence-electron chi connectivity index (χ2n) is 5.97. The average molecular weight is 318 g/mol. The van der Waals surface area contributed by atoms with Gasteiger partial charge in [0.05, 0.1) is 0 Å². The molecule has 1 amide bonds. The van der Waals surface area contributed by atoms with Crippen LogP contribution in [0.2, 0.25) is 5.02 Å². The molecule has 0 bridgehead atoms. The van der Waals surface area contributed by atoms with Gasteiger partial charge in [0.2, 0.25) is 11.8 Å². The molecule has 4 rings (SSSR count). The zero-order valence-corrected chi connectivity index (χ0v) is 12.8. The zero-order chi connectivity index (χ0) is 15.1. The summed E-state index contributed by atoms with van der Waals surface area (Å²) in [6, 6.07) is 7.44. The van der Waals surface area contributed by atoms with Gasteiger partial charge in [-0.2, -0.15) is 4.98 Å². The van der Waals surface area contributed by atoms with E-state index in [4.69, 9.17) is 16.1 Å². The second-order valence-corrected chi connectivity index (χ2v) is 6.40. The van der Waals surface area contributed by atoms with Crippen molar-refractivity contribution in [2.45, 2.75) is 44.2 Å². The van der Waals surface area contributed by atoms with Gasteiger partial charge in [0.25, 0.3) is 0 Å². The van der Waals surface area contributed by atoms with E-state index in [-0.39, 0.29) is 11.9 Å². The molecule has 2 heterocycles. The molecule has 2 aliphatic rings. The van der Waals surface area contributed by atoms with Crippen molar-refractivity contribution in [3.05, 3.63) is 46.6 Å². The molecule has 1 aromatic heterocycles. The van der Waals surface area contributed by atoms with E-state index >= 15 is 0 Å². The summed E-state index contributed by atoms with van der Waals surface area (Å²) in [4.78, 5) is 18.5. The molecule has 1 atom stereocenters. The Bertz CT molecular complexity index is 694. The van der Waals surface area contributed by atoms with E-state index in [1.807, 2.05) is 29.2 Å². The molecule has 0 N–H and O–H groups in total. The van der Waals surface area contributed by atoms with Crippen molar-refractivity contribution in [2.75, 3.05) is 0 Å². The summed E-state index contributed by atoms with van der Waals surface area (Å²) in [5.74, 6) is 1.95. The fourth-order valence-corrected chi connectivity index (χ4v) is 2.99. The SMILES string of the molecule is O=C1CCC(c2nc(C3CC3)no2)N1Cc1ccc(Cl)cc1. The molecule has 2 aromatic rings. The van der Waals surface area contributed by atoms with Crippen molar-refractivity contribution in [1.82, 2.24) is 15.0 Å². The summed E-state index contributed by atoms with van der Waals surface area (Å²) < 4.78 is 5.41. The molecule has 1 aliphatic carbocycles. The van der Waals surface area contributed by atoms with Gasteiger partial charge in [-0.1, -0.05) is 28.9 Å². The van der Waals surface area contributed by atoms with Crippen LogP contribution in [0.1, 0.15) is 54.9 Å². The van der Waals surface area contributed by atoms with Crippen molar-refractivity contribution in [1.29, 1.82) is 0 Å². The molecule has 22 heavy (non-hydrogen) atoms. The third-order valence-corrected chi connectivity index (χ3v) is 4.53. The normalized spacial score (nSPS) is 21.6. The van der Waals surface area contributed by atoms with Gasteiger partial charge in [0.15, 0.2) is 5.82 Å². The van der Waals surface area contributed by atoms with Crippen LogP contribution in [-0.4, -0.2) is 20.9 Å². The quantitative estimate of drug-likeness (QED) is 0.866. The van der Waals surface area contributed by atoms with E-state index in [9.17, 15) is 4.79 Å². The predicted octanol–water partition coefficient (Wildman–Crippen LogP) is 3.46. The minimum Gasteiger partial charge on any atom is -0.337 e. The predicted molar refractivity (Wildman–Crippen MR) is 80.3 cm³/mol. The topological polar surface area (TPSA) is 59.2 Å². The van der Waals surface area contributed by atoms with Crippen LogP contribution in [-0.2, 0) is 11.3 Å². The molecule has 6 heteroatoms. The first-order valence-electron chi connectivity index (χ1n) is 7.58. The number of likely N-dealkylation sites (tertiary alicyclic amines) is 1. The van der Waals surface area contributed by atoms with Crippen molar-refractivity contribution >= 4 is 17.5 Å². The Balaban J connectivity index is 1.55. The van der Waals surface area contributed by atoms with Crippen LogP contribution in [0.25, 0.3) is 0 Å². The number of benzene rings is 1. The lowest BCUT2D eigenvalue weighted by atomic mass is 10.2. The molecule has 5 nitrogen and oxygen atoms in total. The molecule has 1 saturated heterocycles. The van der Waals surface area contributed by atoms with E-state index in [0.717, 1.165) is 30.7 Å². The van der Waals surface area contributed by atoms with Crippen molar-refractivity contribution in [3.63, 3.8) is 0 Å². The van der Waals surface area contributed by atoms with Crippen LogP contribution < -0.4 is 0 Å². The van der Waals surface area contributed by atoms with Crippen LogP contribution in [0.5, 0.6) is 0 Å². The first-order chi connectivity index (χ1) is 10.7. The highest BCUT2D eigenvalue weighted by Gasteiger charge is 2.37. The van der Waals surface area contributed by atoms with Gasteiger partial charge in [-0.15, -0.1) is 0 Å². The largest absolute Gasteiger partial charge is 0.337 e. The summed E-state index contributed by atoms with van der Waals surface area (Å²) in [6.45, 7) is 0.543. The molecule has 1 saturated carbocycles. The lowest BCUT2D eigenvalue weighted by molar-refractivity contribution is -0.129. The van der Waals surface area contributed by atoms with Crippen LogP contribution in [0, 0.1) is 0 Å². The number of hydrogen-bond donors (Lipinski definition) is 0. The minimum atomic E-state index is -0.108. The van der Waals surface area contributed by atoms with Crippen LogP contribution in [0.15, 0.2) is 28.8 Å². The van der Waals surface area contributed by atoms with Crippen molar-refractivity contribution in [3.8, 4) is 0 Å². The summed E-state index contributed by atoms with van der Waals surface area (Å²) in [5, 5.41) is 4.75. The maximum Gasteiger partial charge on any atom is 0.249 e. The van der Waals surface area contributed by atoms with E-state index in [2.05, 4.69) is 10.1 Å².